The van der Waals surface area contributed by atoms with Crippen LogP contribution >= 0.6 is 0 Å². The van der Waals surface area contributed by atoms with E-state index in [2.05, 4.69) is 10.2 Å². The van der Waals surface area contributed by atoms with Gasteiger partial charge >= 0.3 is 0 Å². The number of hydrogen-bond donors (Lipinski definition) is 2. The summed E-state index contributed by atoms with van der Waals surface area (Å²) in [7, 11) is 3.40. The second-order valence-electron chi connectivity index (χ2n) is 4.10. The summed E-state index contributed by atoms with van der Waals surface area (Å²) in [5, 5.41) is 28.0. The van der Waals surface area contributed by atoms with Crippen molar-refractivity contribution < 1.29 is 10.2 Å². The standard InChI is InChI=1S/C10H12N4O2/c1-13-9(15)5-3-8-6(4-7(5)11-13)10(16)14(2)12-8/h15-16H,3-4H2,1-2H3. The van der Waals surface area contributed by atoms with Crippen molar-refractivity contribution in [1.29, 1.82) is 0 Å². The van der Waals surface area contributed by atoms with Gasteiger partial charge in [-0.1, -0.05) is 0 Å². The lowest BCUT2D eigenvalue weighted by molar-refractivity contribution is 0.413. The molecule has 0 saturated carbocycles. The van der Waals surface area contributed by atoms with E-state index >= 15 is 0 Å². The number of aryl methyl sites for hydroxylation is 2. The molecular weight excluding hydrogens is 208 g/mol. The molecule has 1 aliphatic rings. The minimum absolute atomic E-state index is 0.186. The van der Waals surface area contributed by atoms with E-state index in [4.69, 9.17) is 0 Å². The van der Waals surface area contributed by atoms with E-state index in [1.54, 1.807) is 14.1 Å². The molecule has 2 aromatic rings. The number of aromatic nitrogens is 4. The van der Waals surface area contributed by atoms with Crippen LogP contribution in [-0.4, -0.2) is 29.8 Å². The van der Waals surface area contributed by atoms with E-state index in [9.17, 15) is 10.2 Å². The van der Waals surface area contributed by atoms with E-state index < -0.39 is 0 Å². The summed E-state index contributed by atoms with van der Waals surface area (Å²) in [5.41, 5.74) is 3.26. The van der Waals surface area contributed by atoms with Gasteiger partial charge in [-0.2, -0.15) is 10.2 Å². The molecule has 6 nitrogen and oxygen atoms in total. The molecule has 0 fully saturated rings. The summed E-state index contributed by atoms with van der Waals surface area (Å²) in [6, 6.07) is 0. The van der Waals surface area contributed by atoms with Gasteiger partial charge < -0.3 is 10.2 Å². The van der Waals surface area contributed by atoms with E-state index in [-0.39, 0.29) is 11.8 Å². The molecule has 0 bridgehead atoms. The third-order valence-electron chi connectivity index (χ3n) is 3.08. The summed E-state index contributed by atoms with van der Waals surface area (Å²) in [6.45, 7) is 0. The highest BCUT2D eigenvalue weighted by atomic mass is 16.3. The zero-order valence-electron chi connectivity index (χ0n) is 9.10. The number of rotatable bonds is 0. The average molecular weight is 220 g/mol. The molecule has 6 heteroatoms. The Labute approximate surface area is 91.7 Å². The monoisotopic (exact) mass is 220 g/mol. The molecule has 0 radical (unpaired) electrons. The van der Waals surface area contributed by atoms with Crippen molar-refractivity contribution >= 4 is 0 Å². The van der Waals surface area contributed by atoms with Crippen LogP contribution in [0.1, 0.15) is 22.5 Å². The zero-order chi connectivity index (χ0) is 11.4. The van der Waals surface area contributed by atoms with E-state index in [1.165, 1.54) is 9.36 Å². The lowest BCUT2D eigenvalue weighted by Crippen LogP contribution is -2.05. The predicted octanol–water partition coefficient (Wildman–Crippen LogP) is 0.0598. The van der Waals surface area contributed by atoms with Crippen molar-refractivity contribution in [1.82, 2.24) is 19.6 Å². The maximum atomic E-state index is 9.79. The first-order valence-electron chi connectivity index (χ1n) is 5.05. The first kappa shape index (κ1) is 9.26. The van der Waals surface area contributed by atoms with Gasteiger partial charge in [0.25, 0.3) is 0 Å². The number of fused-ring (bicyclic) bond motifs is 2. The van der Waals surface area contributed by atoms with Crippen LogP contribution in [0, 0.1) is 0 Å². The van der Waals surface area contributed by atoms with Crippen LogP contribution < -0.4 is 0 Å². The van der Waals surface area contributed by atoms with Gasteiger partial charge in [0, 0.05) is 38.1 Å². The Morgan fingerprint density at radius 1 is 0.875 bits per heavy atom. The van der Waals surface area contributed by atoms with Crippen LogP contribution in [0.4, 0.5) is 0 Å². The maximum Gasteiger partial charge on any atom is 0.212 e. The van der Waals surface area contributed by atoms with Crippen molar-refractivity contribution in [3.8, 4) is 11.8 Å². The Hall–Kier alpha value is -1.98. The second kappa shape index (κ2) is 2.78. The highest BCUT2D eigenvalue weighted by Gasteiger charge is 2.27. The van der Waals surface area contributed by atoms with Gasteiger partial charge in [0.2, 0.25) is 11.8 Å². The van der Waals surface area contributed by atoms with Gasteiger partial charge in [-0.15, -0.1) is 0 Å². The van der Waals surface area contributed by atoms with Gasteiger partial charge in [-0.05, 0) is 0 Å². The fourth-order valence-electron chi connectivity index (χ4n) is 2.21. The Balaban J connectivity index is 2.16. The molecule has 2 aromatic heterocycles. The molecule has 0 spiro atoms. The lowest BCUT2D eigenvalue weighted by Gasteiger charge is -2.08. The van der Waals surface area contributed by atoms with E-state index in [0.29, 0.717) is 12.8 Å². The molecular formula is C10H12N4O2. The summed E-state index contributed by atoms with van der Waals surface area (Å²) < 4.78 is 2.90. The van der Waals surface area contributed by atoms with Crippen molar-refractivity contribution in [3.63, 3.8) is 0 Å². The van der Waals surface area contributed by atoms with Crippen LogP contribution in [0.15, 0.2) is 0 Å². The first-order valence-corrected chi connectivity index (χ1v) is 5.05. The van der Waals surface area contributed by atoms with Crippen LogP contribution in [0.3, 0.4) is 0 Å². The van der Waals surface area contributed by atoms with Crippen LogP contribution in [0.2, 0.25) is 0 Å². The molecule has 84 valence electrons. The predicted molar refractivity (Wildman–Crippen MR) is 55.4 cm³/mol. The highest BCUT2D eigenvalue weighted by molar-refractivity contribution is 5.47. The molecule has 0 unspecified atom stereocenters. The summed E-state index contributed by atoms with van der Waals surface area (Å²) in [4.78, 5) is 0. The molecule has 2 N–H and O–H groups in total. The molecule has 0 aromatic carbocycles. The molecule has 0 saturated heterocycles. The fraction of sp³-hybridized carbons (Fsp3) is 0.400. The number of aromatic hydroxyl groups is 2. The number of hydrogen-bond acceptors (Lipinski definition) is 4. The topological polar surface area (TPSA) is 76.1 Å². The third kappa shape index (κ3) is 1.01. The second-order valence-corrected chi connectivity index (χ2v) is 4.10. The molecule has 16 heavy (non-hydrogen) atoms. The lowest BCUT2D eigenvalue weighted by atomic mass is 9.95. The van der Waals surface area contributed by atoms with Gasteiger partial charge in [0.1, 0.15) is 0 Å². The van der Waals surface area contributed by atoms with Crippen molar-refractivity contribution in [2.24, 2.45) is 14.1 Å². The van der Waals surface area contributed by atoms with Gasteiger partial charge in [-0.3, -0.25) is 0 Å². The SMILES string of the molecule is Cn1nc2c(c1O)Cc1nn(C)c(O)c1C2. The first-order chi connectivity index (χ1) is 7.58. The minimum Gasteiger partial charge on any atom is -0.493 e. The normalized spacial score (nSPS) is 13.6. The van der Waals surface area contributed by atoms with Gasteiger partial charge in [0.15, 0.2) is 0 Å². The van der Waals surface area contributed by atoms with E-state index in [1.807, 2.05) is 0 Å². The summed E-state index contributed by atoms with van der Waals surface area (Å²) >= 11 is 0. The van der Waals surface area contributed by atoms with Crippen LogP contribution in [0.5, 0.6) is 11.8 Å². The van der Waals surface area contributed by atoms with Crippen LogP contribution in [0.25, 0.3) is 0 Å². The van der Waals surface area contributed by atoms with Crippen molar-refractivity contribution in [3.05, 3.63) is 22.5 Å². The third-order valence-corrected chi connectivity index (χ3v) is 3.08. The Kier molecular flexibility index (Phi) is 1.61. The minimum atomic E-state index is 0.186. The smallest absolute Gasteiger partial charge is 0.212 e. The Morgan fingerprint density at radius 3 is 1.62 bits per heavy atom. The van der Waals surface area contributed by atoms with Gasteiger partial charge in [-0.25, -0.2) is 9.36 Å². The van der Waals surface area contributed by atoms with Crippen LogP contribution in [-0.2, 0) is 26.9 Å². The molecule has 0 amide bonds. The summed E-state index contributed by atoms with van der Waals surface area (Å²) in [5.74, 6) is 0.372. The quantitative estimate of drug-likeness (QED) is 0.561. The Bertz CT molecular complexity index is 530. The van der Waals surface area contributed by atoms with Crippen molar-refractivity contribution in [2.45, 2.75) is 12.8 Å². The summed E-state index contributed by atoms with van der Waals surface area (Å²) in [6.07, 6.45) is 1.05. The maximum absolute atomic E-state index is 9.79. The number of nitrogens with zero attached hydrogens (tertiary/aromatic N) is 4. The molecule has 0 atom stereocenters. The van der Waals surface area contributed by atoms with Crippen molar-refractivity contribution in [2.75, 3.05) is 0 Å². The fourth-order valence-corrected chi connectivity index (χ4v) is 2.21. The Morgan fingerprint density at radius 2 is 1.25 bits per heavy atom. The highest BCUT2D eigenvalue weighted by Crippen LogP contribution is 2.34. The largest absolute Gasteiger partial charge is 0.493 e. The molecule has 3 rings (SSSR count). The molecule has 0 aliphatic heterocycles. The van der Waals surface area contributed by atoms with E-state index in [0.717, 1.165) is 22.5 Å². The zero-order valence-corrected chi connectivity index (χ0v) is 9.10. The average Bonchev–Trinajstić information content (AvgIpc) is 2.67. The molecule has 2 heterocycles. The van der Waals surface area contributed by atoms with Gasteiger partial charge in [0.05, 0.1) is 11.4 Å². The molecule has 1 aliphatic carbocycles.